The van der Waals surface area contributed by atoms with E-state index in [1.807, 2.05) is 6.92 Å². The largest absolute Gasteiger partial charge is 0.262 e. The zero-order chi connectivity index (χ0) is 13.6. The summed E-state index contributed by atoms with van der Waals surface area (Å²) in [5.41, 5.74) is 0.535. The second-order valence-electron chi connectivity index (χ2n) is 4.66. The fourth-order valence-electron chi connectivity index (χ4n) is 2.36. The highest BCUT2D eigenvalue weighted by Gasteiger charge is 2.33. The number of hydrogen-bond donors (Lipinski definition) is 0. The highest BCUT2D eigenvalue weighted by atomic mass is 32.2. The molecule has 3 heterocycles. The van der Waals surface area contributed by atoms with Gasteiger partial charge < -0.3 is 0 Å². The highest BCUT2D eigenvalue weighted by molar-refractivity contribution is 7.89. The van der Waals surface area contributed by atoms with Gasteiger partial charge in [-0.25, -0.2) is 13.4 Å². The summed E-state index contributed by atoms with van der Waals surface area (Å²) in [5, 5.41) is 5.50. The average molecular weight is 300 g/mol. The lowest BCUT2D eigenvalue weighted by Gasteiger charge is -2.14. The Morgan fingerprint density at radius 3 is 2.63 bits per heavy atom. The fraction of sp³-hybridized carbons (Fsp3) is 0.636. The molecule has 1 aliphatic rings. The van der Waals surface area contributed by atoms with Gasteiger partial charge in [-0.05, 0) is 26.2 Å². The third kappa shape index (κ3) is 1.98. The van der Waals surface area contributed by atoms with Crippen molar-refractivity contribution < 1.29 is 8.42 Å². The van der Waals surface area contributed by atoms with E-state index < -0.39 is 10.0 Å². The number of rotatable bonds is 3. The van der Waals surface area contributed by atoms with Crippen LogP contribution in [0.5, 0.6) is 0 Å². The molecule has 8 heteroatoms. The molecular weight excluding hydrogens is 284 g/mol. The van der Waals surface area contributed by atoms with Crippen LogP contribution in [0.15, 0.2) is 5.03 Å². The van der Waals surface area contributed by atoms with E-state index >= 15 is 0 Å². The van der Waals surface area contributed by atoms with Crippen molar-refractivity contribution in [3.05, 3.63) is 10.7 Å². The minimum atomic E-state index is -3.47. The molecule has 0 aromatic carbocycles. The van der Waals surface area contributed by atoms with Crippen molar-refractivity contribution in [3.8, 4) is 0 Å². The maximum absolute atomic E-state index is 12.7. The van der Waals surface area contributed by atoms with Gasteiger partial charge in [0.25, 0.3) is 10.0 Å². The second-order valence-corrected chi connectivity index (χ2v) is 7.55. The monoisotopic (exact) mass is 300 g/mol. The van der Waals surface area contributed by atoms with Crippen molar-refractivity contribution in [2.75, 3.05) is 13.1 Å². The lowest BCUT2D eigenvalue weighted by Crippen LogP contribution is -2.29. The van der Waals surface area contributed by atoms with Crippen LogP contribution in [0.4, 0.5) is 0 Å². The first-order valence-corrected chi connectivity index (χ1v) is 8.65. The molecule has 1 saturated heterocycles. The van der Waals surface area contributed by atoms with Gasteiger partial charge in [0.05, 0.1) is 5.69 Å². The van der Waals surface area contributed by atoms with Crippen LogP contribution < -0.4 is 0 Å². The molecule has 2 aromatic rings. The lowest BCUT2D eigenvalue weighted by atomic mass is 10.4. The normalized spacial score (nSPS) is 17.6. The van der Waals surface area contributed by atoms with E-state index in [0.717, 1.165) is 24.3 Å². The van der Waals surface area contributed by atoms with Crippen molar-refractivity contribution in [2.45, 2.75) is 38.1 Å². The maximum atomic E-state index is 12.7. The first-order valence-electron chi connectivity index (χ1n) is 6.39. The smallest absolute Gasteiger partial charge is 0.221 e. The Hall–Kier alpha value is -0.990. The Morgan fingerprint density at radius 2 is 2.00 bits per heavy atom. The number of aryl methyl sites for hydroxylation is 2. The standard InChI is InChI=1S/C11H16N4O2S2/c1-3-9-13-15-10(8(2)12-11(15)18-9)19(16,17)14-6-4-5-7-14/h3-7H2,1-2H3. The molecule has 0 saturated carbocycles. The molecule has 0 radical (unpaired) electrons. The fourth-order valence-corrected chi connectivity index (χ4v) is 5.04. The van der Waals surface area contributed by atoms with Gasteiger partial charge in [-0.1, -0.05) is 18.3 Å². The Morgan fingerprint density at radius 1 is 1.32 bits per heavy atom. The van der Waals surface area contributed by atoms with Gasteiger partial charge in [0.1, 0.15) is 5.01 Å². The van der Waals surface area contributed by atoms with E-state index in [2.05, 4.69) is 10.1 Å². The number of hydrogen-bond acceptors (Lipinski definition) is 5. The van der Waals surface area contributed by atoms with Crippen molar-refractivity contribution in [1.29, 1.82) is 0 Å². The van der Waals surface area contributed by atoms with Gasteiger partial charge in [0, 0.05) is 13.1 Å². The van der Waals surface area contributed by atoms with Gasteiger partial charge in [-0.15, -0.1) is 0 Å². The maximum Gasteiger partial charge on any atom is 0.262 e. The molecule has 104 valence electrons. The molecule has 0 aliphatic carbocycles. The number of sulfonamides is 1. The Kier molecular flexibility index (Phi) is 3.11. The van der Waals surface area contributed by atoms with Crippen LogP contribution in [0.3, 0.4) is 0 Å². The summed E-state index contributed by atoms with van der Waals surface area (Å²) in [5.74, 6) is 0. The summed E-state index contributed by atoms with van der Waals surface area (Å²) in [6, 6.07) is 0. The molecule has 0 spiro atoms. The van der Waals surface area contributed by atoms with Crippen LogP contribution in [0, 0.1) is 6.92 Å². The van der Waals surface area contributed by atoms with Crippen LogP contribution in [0.25, 0.3) is 4.96 Å². The van der Waals surface area contributed by atoms with Gasteiger partial charge >= 0.3 is 0 Å². The summed E-state index contributed by atoms with van der Waals surface area (Å²) in [6.45, 7) is 4.93. The lowest BCUT2D eigenvalue weighted by molar-refractivity contribution is 0.471. The molecule has 1 fully saturated rings. The Balaban J connectivity index is 2.17. The number of nitrogens with zero attached hydrogens (tertiary/aromatic N) is 4. The zero-order valence-electron chi connectivity index (χ0n) is 11.0. The number of imidazole rings is 1. The third-order valence-corrected chi connectivity index (χ3v) is 6.37. The van der Waals surface area contributed by atoms with E-state index in [0.29, 0.717) is 23.7 Å². The Bertz CT molecular complexity index is 710. The summed E-state index contributed by atoms with van der Waals surface area (Å²) in [7, 11) is -3.47. The summed E-state index contributed by atoms with van der Waals surface area (Å²) >= 11 is 1.45. The molecule has 0 atom stereocenters. The molecule has 19 heavy (non-hydrogen) atoms. The molecule has 3 rings (SSSR count). The van der Waals surface area contributed by atoms with E-state index in [-0.39, 0.29) is 5.03 Å². The highest BCUT2D eigenvalue weighted by Crippen LogP contribution is 2.26. The number of aromatic nitrogens is 3. The van der Waals surface area contributed by atoms with E-state index in [1.54, 1.807) is 6.92 Å². The minimum absolute atomic E-state index is 0.236. The molecule has 1 aliphatic heterocycles. The van der Waals surface area contributed by atoms with E-state index in [4.69, 9.17) is 0 Å². The van der Waals surface area contributed by atoms with Crippen LogP contribution >= 0.6 is 11.3 Å². The summed E-state index contributed by atoms with van der Waals surface area (Å²) in [6.07, 6.45) is 2.64. The zero-order valence-corrected chi connectivity index (χ0v) is 12.6. The average Bonchev–Trinajstić information content (AvgIpc) is 3.01. The SMILES string of the molecule is CCc1nn2c(S(=O)(=O)N3CCCC3)c(C)nc2s1. The summed E-state index contributed by atoms with van der Waals surface area (Å²) in [4.78, 5) is 4.99. The van der Waals surface area contributed by atoms with Gasteiger partial charge in [-0.2, -0.15) is 13.9 Å². The predicted molar refractivity (Wildman–Crippen MR) is 73.0 cm³/mol. The van der Waals surface area contributed by atoms with Gasteiger partial charge in [-0.3, -0.25) is 0 Å². The molecule has 0 N–H and O–H groups in total. The molecule has 0 unspecified atom stereocenters. The third-order valence-electron chi connectivity index (χ3n) is 3.32. The molecule has 6 nitrogen and oxygen atoms in total. The van der Waals surface area contributed by atoms with Crippen molar-refractivity contribution in [3.63, 3.8) is 0 Å². The molecule has 2 aromatic heterocycles. The van der Waals surface area contributed by atoms with Crippen LogP contribution in [-0.2, 0) is 16.4 Å². The van der Waals surface area contributed by atoms with Crippen LogP contribution in [-0.4, -0.2) is 40.4 Å². The van der Waals surface area contributed by atoms with Crippen molar-refractivity contribution >= 4 is 26.3 Å². The summed E-state index contributed by atoms with van der Waals surface area (Å²) < 4.78 is 28.3. The Labute approximate surface area is 116 Å². The quantitative estimate of drug-likeness (QED) is 0.860. The van der Waals surface area contributed by atoms with E-state index in [9.17, 15) is 8.42 Å². The van der Waals surface area contributed by atoms with Crippen LogP contribution in [0.2, 0.25) is 0 Å². The van der Waals surface area contributed by atoms with Gasteiger partial charge in [0.2, 0.25) is 4.96 Å². The van der Waals surface area contributed by atoms with Gasteiger partial charge in [0.15, 0.2) is 5.03 Å². The second kappa shape index (κ2) is 4.53. The van der Waals surface area contributed by atoms with Crippen molar-refractivity contribution in [2.24, 2.45) is 0 Å². The first-order chi connectivity index (χ1) is 9.04. The van der Waals surface area contributed by atoms with Crippen molar-refractivity contribution in [1.82, 2.24) is 18.9 Å². The molecular formula is C11H16N4O2S2. The molecule has 0 bridgehead atoms. The van der Waals surface area contributed by atoms with Crippen LogP contribution in [0.1, 0.15) is 30.5 Å². The predicted octanol–water partition coefficient (Wildman–Crippen LogP) is 1.45. The number of fused-ring (bicyclic) bond motifs is 1. The van der Waals surface area contributed by atoms with E-state index in [1.165, 1.54) is 20.2 Å². The minimum Gasteiger partial charge on any atom is -0.221 e. The first kappa shape index (κ1) is 13.0. The molecule has 0 amide bonds. The topological polar surface area (TPSA) is 67.6 Å².